The third kappa shape index (κ3) is 5.25. The molecule has 5 rings (SSSR count). The average molecular weight is 528 g/mol. The summed E-state index contributed by atoms with van der Waals surface area (Å²) in [5, 5.41) is 14.1. The van der Waals surface area contributed by atoms with E-state index in [1.807, 2.05) is 6.07 Å². The third-order valence-corrected chi connectivity index (χ3v) is 7.53. The lowest BCUT2D eigenvalue weighted by molar-refractivity contribution is -0.160. The van der Waals surface area contributed by atoms with Crippen LogP contribution >= 0.6 is 0 Å². The number of carbonyl (C=O) groups excluding carboxylic acids is 1. The van der Waals surface area contributed by atoms with Crippen molar-refractivity contribution in [1.82, 2.24) is 14.7 Å². The molecule has 5 nitrogen and oxygen atoms in total. The number of benzene rings is 2. The van der Waals surface area contributed by atoms with Crippen LogP contribution in [-0.4, -0.2) is 51.1 Å². The summed E-state index contributed by atoms with van der Waals surface area (Å²) in [6, 6.07) is 14.7. The van der Waals surface area contributed by atoms with Gasteiger partial charge in [-0.25, -0.2) is 4.39 Å². The van der Waals surface area contributed by atoms with Gasteiger partial charge in [-0.3, -0.25) is 9.48 Å². The van der Waals surface area contributed by atoms with Crippen LogP contribution in [0.5, 0.6) is 0 Å². The molecule has 0 radical (unpaired) electrons. The highest BCUT2D eigenvalue weighted by Gasteiger charge is 2.64. The molecule has 1 saturated heterocycles. The van der Waals surface area contributed by atoms with E-state index in [1.165, 1.54) is 30.3 Å². The van der Waals surface area contributed by atoms with Crippen molar-refractivity contribution >= 4 is 17.8 Å². The van der Waals surface area contributed by atoms with Gasteiger partial charge in [0, 0.05) is 24.3 Å². The van der Waals surface area contributed by atoms with E-state index in [1.54, 1.807) is 40.8 Å². The smallest absolute Gasteiger partial charge is 0.393 e. The molecule has 2 aliphatic rings. The van der Waals surface area contributed by atoms with E-state index in [0.29, 0.717) is 43.6 Å². The van der Waals surface area contributed by atoms with Gasteiger partial charge in [-0.1, -0.05) is 36.4 Å². The zero-order chi connectivity index (χ0) is 27.1. The van der Waals surface area contributed by atoms with Crippen molar-refractivity contribution in [3.05, 3.63) is 88.2 Å². The van der Waals surface area contributed by atoms with E-state index in [9.17, 15) is 23.1 Å². The molecule has 2 fully saturated rings. The Kier molecular flexibility index (Phi) is 6.90. The Morgan fingerprint density at radius 2 is 1.79 bits per heavy atom. The van der Waals surface area contributed by atoms with E-state index < -0.39 is 17.4 Å². The summed E-state index contributed by atoms with van der Waals surface area (Å²) < 4.78 is 56.8. The number of aliphatic hydroxyl groups excluding tert-OH is 1. The van der Waals surface area contributed by atoms with Crippen molar-refractivity contribution in [3.8, 4) is 0 Å². The molecule has 0 atom stereocenters. The molecule has 1 amide bonds. The van der Waals surface area contributed by atoms with Gasteiger partial charge in [0.05, 0.1) is 18.1 Å². The maximum Gasteiger partial charge on any atom is 0.398 e. The predicted molar refractivity (Wildman–Crippen MR) is 136 cm³/mol. The summed E-state index contributed by atoms with van der Waals surface area (Å²) in [5.41, 5.74) is 1.14. The van der Waals surface area contributed by atoms with Crippen molar-refractivity contribution in [1.29, 1.82) is 0 Å². The number of aryl methyl sites for hydroxylation is 1. The number of halogens is 4. The minimum atomic E-state index is -4.29. The predicted octanol–water partition coefficient (Wildman–Crippen LogP) is 5.90. The number of hydrogen-bond acceptors (Lipinski definition) is 3. The molecule has 1 saturated carbocycles. The highest BCUT2D eigenvalue weighted by Crippen LogP contribution is 2.58. The highest BCUT2D eigenvalue weighted by atomic mass is 19.4. The Morgan fingerprint density at radius 3 is 2.42 bits per heavy atom. The topological polar surface area (TPSA) is 58.4 Å². The number of hydrogen-bond donors (Lipinski definition) is 1. The quantitative estimate of drug-likeness (QED) is 0.406. The molecule has 0 bridgehead atoms. The Labute approximate surface area is 218 Å². The maximum absolute atomic E-state index is 15.0. The van der Waals surface area contributed by atoms with Gasteiger partial charge in [-0.05, 0) is 73.6 Å². The lowest BCUT2D eigenvalue weighted by Gasteiger charge is -2.29. The molecular formula is C29H29F4N3O2. The van der Waals surface area contributed by atoms with E-state index in [-0.39, 0.29) is 36.1 Å². The SMILES string of the molecule is Cc1cc(C(F)=Cc2ccc(C3(C(F)(F)F)CC3)cc2)nn1Cc1cccc(C(=O)N2CCC(O)CC2)c1. The average Bonchev–Trinajstić information content (AvgIpc) is 3.64. The first-order valence-corrected chi connectivity index (χ1v) is 12.7. The van der Waals surface area contributed by atoms with Gasteiger partial charge in [0.1, 0.15) is 5.69 Å². The molecule has 1 aliphatic heterocycles. The molecular weight excluding hydrogens is 498 g/mol. The molecule has 38 heavy (non-hydrogen) atoms. The Morgan fingerprint density at radius 1 is 1.11 bits per heavy atom. The molecule has 0 spiro atoms. The van der Waals surface area contributed by atoms with Gasteiger partial charge in [-0.15, -0.1) is 0 Å². The normalized spacial score (nSPS) is 18.1. The molecule has 3 aromatic rings. The van der Waals surface area contributed by atoms with E-state index in [0.717, 1.165) is 11.3 Å². The largest absolute Gasteiger partial charge is 0.398 e. The second-order valence-corrected chi connectivity index (χ2v) is 10.2. The molecule has 9 heteroatoms. The Balaban J connectivity index is 1.28. The minimum Gasteiger partial charge on any atom is -0.393 e. The number of nitrogens with zero attached hydrogens (tertiary/aromatic N) is 3. The van der Waals surface area contributed by atoms with Crippen LogP contribution in [0.25, 0.3) is 11.9 Å². The first-order valence-electron chi connectivity index (χ1n) is 12.7. The van der Waals surface area contributed by atoms with Crippen LogP contribution in [0.2, 0.25) is 0 Å². The molecule has 1 aromatic heterocycles. The molecule has 2 heterocycles. The van der Waals surface area contributed by atoms with E-state index >= 15 is 4.39 Å². The number of likely N-dealkylation sites (tertiary alicyclic amines) is 1. The van der Waals surface area contributed by atoms with E-state index in [2.05, 4.69) is 5.10 Å². The van der Waals surface area contributed by atoms with Gasteiger partial charge in [0.2, 0.25) is 0 Å². The summed E-state index contributed by atoms with van der Waals surface area (Å²) in [6.07, 6.45) is -2.09. The van der Waals surface area contributed by atoms with Crippen LogP contribution in [0.4, 0.5) is 17.6 Å². The molecule has 1 N–H and O–H groups in total. The lowest BCUT2D eigenvalue weighted by Crippen LogP contribution is -2.40. The zero-order valence-corrected chi connectivity index (χ0v) is 21.0. The summed E-state index contributed by atoms with van der Waals surface area (Å²) in [6.45, 7) is 3.18. The third-order valence-electron chi connectivity index (χ3n) is 7.53. The number of alkyl halides is 3. The Hall–Kier alpha value is -3.46. The monoisotopic (exact) mass is 527 g/mol. The second-order valence-electron chi connectivity index (χ2n) is 10.2. The standard InChI is InChI=1S/C29H29F4N3O2/c1-19-15-26(25(30)17-20-5-7-23(8-6-20)28(11-12-28)29(31,32)33)34-36(19)18-21-3-2-4-22(16-21)27(38)35-13-9-24(37)10-14-35/h2-8,15-17,24,37H,9-14,18H2,1H3. The highest BCUT2D eigenvalue weighted by molar-refractivity contribution is 5.94. The van der Waals surface area contributed by atoms with Crippen LogP contribution < -0.4 is 0 Å². The van der Waals surface area contributed by atoms with Gasteiger partial charge >= 0.3 is 6.18 Å². The first-order chi connectivity index (χ1) is 18.1. The van der Waals surface area contributed by atoms with Crippen molar-refractivity contribution < 1.29 is 27.5 Å². The van der Waals surface area contributed by atoms with Crippen molar-refractivity contribution in [2.75, 3.05) is 13.1 Å². The first kappa shape index (κ1) is 26.2. The number of rotatable bonds is 6. The number of aromatic nitrogens is 2. The van der Waals surface area contributed by atoms with Crippen LogP contribution in [-0.2, 0) is 12.0 Å². The fraction of sp³-hybridized carbons (Fsp3) is 0.379. The van der Waals surface area contributed by atoms with Crippen molar-refractivity contribution in [3.63, 3.8) is 0 Å². The zero-order valence-electron chi connectivity index (χ0n) is 21.0. The number of carbonyl (C=O) groups is 1. The number of aliphatic hydroxyl groups is 1. The van der Waals surface area contributed by atoms with E-state index in [4.69, 9.17) is 0 Å². The lowest BCUT2D eigenvalue weighted by atomic mass is 9.94. The van der Waals surface area contributed by atoms with Gasteiger partial charge < -0.3 is 10.0 Å². The number of piperidine rings is 1. The fourth-order valence-corrected chi connectivity index (χ4v) is 4.99. The van der Waals surface area contributed by atoms with Crippen LogP contribution in [0.3, 0.4) is 0 Å². The van der Waals surface area contributed by atoms with Crippen LogP contribution in [0.15, 0.2) is 54.6 Å². The van der Waals surface area contributed by atoms with Crippen LogP contribution in [0, 0.1) is 6.92 Å². The van der Waals surface area contributed by atoms with Gasteiger partial charge in [0.25, 0.3) is 5.91 Å². The molecule has 1 aliphatic carbocycles. The van der Waals surface area contributed by atoms with Crippen molar-refractivity contribution in [2.24, 2.45) is 0 Å². The molecule has 200 valence electrons. The van der Waals surface area contributed by atoms with Crippen molar-refractivity contribution in [2.45, 2.75) is 56.8 Å². The minimum absolute atomic E-state index is 0.0796. The molecule has 2 aromatic carbocycles. The summed E-state index contributed by atoms with van der Waals surface area (Å²) in [5.74, 6) is -0.674. The van der Waals surface area contributed by atoms with Gasteiger partial charge in [0.15, 0.2) is 5.83 Å². The number of amides is 1. The Bertz CT molecular complexity index is 1350. The maximum atomic E-state index is 15.0. The molecule has 0 unspecified atom stereocenters. The summed E-state index contributed by atoms with van der Waals surface area (Å²) in [7, 11) is 0. The fourth-order valence-electron chi connectivity index (χ4n) is 4.99. The summed E-state index contributed by atoms with van der Waals surface area (Å²) >= 11 is 0. The second kappa shape index (κ2) is 10.0. The van der Waals surface area contributed by atoms with Crippen LogP contribution in [0.1, 0.15) is 64.1 Å². The summed E-state index contributed by atoms with van der Waals surface area (Å²) in [4.78, 5) is 14.6. The van der Waals surface area contributed by atoms with Gasteiger partial charge in [-0.2, -0.15) is 18.3 Å².